The third kappa shape index (κ3) is 3.97. The van der Waals surface area contributed by atoms with Crippen molar-refractivity contribution < 1.29 is 9.47 Å². The summed E-state index contributed by atoms with van der Waals surface area (Å²) in [6, 6.07) is 13.8. The molecule has 3 rings (SSSR count). The van der Waals surface area contributed by atoms with Crippen LogP contribution in [0.3, 0.4) is 0 Å². The van der Waals surface area contributed by atoms with Crippen molar-refractivity contribution in [3.63, 3.8) is 0 Å². The van der Waals surface area contributed by atoms with Crippen molar-refractivity contribution in [1.29, 1.82) is 5.26 Å². The van der Waals surface area contributed by atoms with Gasteiger partial charge in [-0.15, -0.1) is 0 Å². The second-order valence-electron chi connectivity index (χ2n) is 6.25. The number of nitrogens with zero attached hydrogens (tertiary/aromatic N) is 2. The van der Waals surface area contributed by atoms with Crippen molar-refractivity contribution >= 4 is 23.0 Å². The molecule has 0 amide bonds. The van der Waals surface area contributed by atoms with Gasteiger partial charge in [0.15, 0.2) is 0 Å². The highest BCUT2D eigenvalue weighted by Crippen LogP contribution is 2.33. The monoisotopic (exact) mass is 371 g/mol. The molecule has 2 aromatic carbocycles. The second kappa shape index (κ2) is 8.20. The van der Waals surface area contributed by atoms with E-state index < -0.39 is 0 Å². The standard InChI is InChI=1S/C20H22ClN3O2/c1-25-17-10-16(11-18(12-17)26-2)23-15-6-8-24(9-7-15)20-14(13-22)4-3-5-19(20)21/h3-5,10-12,15,23H,6-9H2,1-2H3. The molecule has 2 aromatic rings. The number of benzene rings is 2. The summed E-state index contributed by atoms with van der Waals surface area (Å²) in [7, 11) is 3.29. The quantitative estimate of drug-likeness (QED) is 0.848. The Morgan fingerprint density at radius 1 is 1.12 bits per heavy atom. The maximum absolute atomic E-state index is 9.35. The number of hydrogen-bond acceptors (Lipinski definition) is 5. The molecule has 1 aliphatic rings. The molecule has 6 heteroatoms. The molecule has 0 spiro atoms. The zero-order chi connectivity index (χ0) is 18.5. The number of halogens is 1. The first-order chi connectivity index (χ1) is 12.6. The van der Waals surface area contributed by atoms with E-state index in [0.717, 1.165) is 48.8 Å². The van der Waals surface area contributed by atoms with Gasteiger partial charge in [-0.2, -0.15) is 5.26 Å². The average molecular weight is 372 g/mol. The molecule has 0 saturated carbocycles. The highest BCUT2D eigenvalue weighted by Gasteiger charge is 2.23. The van der Waals surface area contributed by atoms with Crippen LogP contribution in [-0.4, -0.2) is 33.4 Å². The van der Waals surface area contributed by atoms with E-state index in [1.807, 2.05) is 36.4 Å². The molecule has 0 atom stereocenters. The molecular formula is C20H22ClN3O2. The molecule has 26 heavy (non-hydrogen) atoms. The number of nitriles is 1. The SMILES string of the molecule is COc1cc(NC2CCN(c3c(Cl)cccc3C#N)CC2)cc(OC)c1. The van der Waals surface area contributed by atoms with E-state index in [-0.39, 0.29) is 0 Å². The highest BCUT2D eigenvalue weighted by atomic mass is 35.5. The van der Waals surface area contributed by atoms with Crippen LogP contribution in [0.25, 0.3) is 0 Å². The summed E-state index contributed by atoms with van der Waals surface area (Å²) in [5.74, 6) is 1.53. The second-order valence-corrected chi connectivity index (χ2v) is 6.66. The summed E-state index contributed by atoms with van der Waals surface area (Å²) < 4.78 is 10.7. The fraction of sp³-hybridized carbons (Fsp3) is 0.350. The van der Waals surface area contributed by atoms with E-state index in [1.165, 1.54) is 0 Å². The molecule has 1 N–H and O–H groups in total. The number of piperidine rings is 1. The fourth-order valence-electron chi connectivity index (χ4n) is 3.30. The van der Waals surface area contributed by atoms with Crippen LogP contribution >= 0.6 is 11.6 Å². The van der Waals surface area contributed by atoms with Crippen LogP contribution in [0.2, 0.25) is 5.02 Å². The minimum absolute atomic E-state index is 0.344. The number of rotatable bonds is 5. The fourth-order valence-corrected chi connectivity index (χ4v) is 3.59. The summed E-state index contributed by atoms with van der Waals surface area (Å²) in [5, 5.41) is 13.5. The predicted molar refractivity (Wildman–Crippen MR) is 105 cm³/mol. The van der Waals surface area contributed by atoms with Crippen molar-refractivity contribution in [2.24, 2.45) is 0 Å². The summed E-state index contributed by atoms with van der Waals surface area (Å²) in [5.41, 5.74) is 2.45. The van der Waals surface area contributed by atoms with Gasteiger partial charge in [0.05, 0.1) is 30.5 Å². The number of para-hydroxylation sites is 1. The zero-order valence-corrected chi connectivity index (χ0v) is 15.7. The molecule has 0 aromatic heterocycles. The van der Waals surface area contributed by atoms with Crippen LogP contribution in [0.1, 0.15) is 18.4 Å². The Hall–Kier alpha value is -2.58. The van der Waals surface area contributed by atoms with Gasteiger partial charge in [-0.3, -0.25) is 0 Å². The van der Waals surface area contributed by atoms with Gasteiger partial charge in [0.1, 0.15) is 17.6 Å². The summed E-state index contributed by atoms with van der Waals surface area (Å²) >= 11 is 6.34. The highest BCUT2D eigenvalue weighted by molar-refractivity contribution is 6.33. The van der Waals surface area contributed by atoms with Crippen LogP contribution in [0.5, 0.6) is 11.5 Å². The first-order valence-corrected chi connectivity index (χ1v) is 8.95. The lowest BCUT2D eigenvalue weighted by atomic mass is 10.0. The third-order valence-corrected chi connectivity index (χ3v) is 4.95. The largest absolute Gasteiger partial charge is 0.497 e. The van der Waals surface area contributed by atoms with Gasteiger partial charge in [-0.1, -0.05) is 17.7 Å². The van der Waals surface area contributed by atoms with Crippen LogP contribution in [0.15, 0.2) is 36.4 Å². The van der Waals surface area contributed by atoms with Crippen molar-refractivity contribution in [3.05, 3.63) is 47.0 Å². The van der Waals surface area contributed by atoms with E-state index in [9.17, 15) is 5.26 Å². The summed E-state index contributed by atoms with van der Waals surface area (Å²) in [6.45, 7) is 1.69. The first-order valence-electron chi connectivity index (χ1n) is 8.57. The molecule has 1 fully saturated rings. The van der Waals surface area contributed by atoms with Crippen molar-refractivity contribution in [2.75, 3.05) is 37.5 Å². The molecule has 5 nitrogen and oxygen atoms in total. The normalized spacial score (nSPS) is 14.6. The van der Waals surface area contributed by atoms with Crippen LogP contribution < -0.4 is 19.7 Å². The van der Waals surface area contributed by atoms with Gasteiger partial charge >= 0.3 is 0 Å². The number of anilines is 2. The Morgan fingerprint density at radius 2 is 1.77 bits per heavy atom. The molecule has 0 aliphatic carbocycles. The van der Waals surface area contributed by atoms with Crippen LogP contribution in [0.4, 0.5) is 11.4 Å². The van der Waals surface area contributed by atoms with E-state index in [0.29, 0.717) is 16.6 Å². The molecule has 1 aliphatic heterocycles. The third-order valence-electron chi connectivity index (χ3n) is 4.64. The molecule has 0 radical (unpaired) electrons. The van der Waals surface area contributed by atoms with Gasteiger partial charge < -0.3 is 19.7 Å². The molecule has 0 unspecified atom stereocenters. The Bertz CT molecular complexity index is 789. The van der Waals surface area contributed by atoms with Crippen molar-refractivity contribution in [1.82, 2.24) is 0 Å². The van der Waals surface area contributed by atoms with Crippen molar-refractivity contribution in [3.8, 4) is 17.6 Å². The van der Waals surface area contributed by atoms with Crippen LogP contribution in [0, 0.1) is 11.3 Å². The molecule has 0 bridgehead atoms. The van der Waals surface area contributed by atoms with E-state index >= 15 is 0 Å². The predicted octanol–water partition coefficient (Wildman–Crippen LogP) is 4.31. The number of methoxy groups -OCH3 is 2. The van der Waals surface area contributed by atoms with Crippen LogP contribution in [-0.2, 0) is 0 Å². The smallest absolute Gasteiger partial charge is 0.124 e. The number of ether oxygens (including phenoxy) is 2. The lowest BCUT2D eigenvalue weighted by molar-refractivity contribution is 0.394. The Kier molecular flexibility index (Phi) is 5.75. The topological polar surface area (TPSA) is 57.5 Å². The van der Waals surface area contributed by atoms with Gasteiger partial charge in [0.2, 0.25) is 0 Å². The lowest BCUT2D eigenvalue weighted by Gasteiger charge is -2.35. The molecule has 1 heterocycles. The van der Waals surface area contributed by atoms with Gasteiger partial charge in [0, 0.05) is 43.0 Å². The van der Waals surface area contributed by atoms with Gasteiger partial charge in [-0.25, -0.2) is 0 Å². The van der Waals surface area contributed by atoms with Gasteiger partial charge in [-0.05, 0) is 25.0 Å². The Labute approximate surface area is 159 Å². The minimum atomic E-state index is 0.344. The average Bonchev–Trinajstić information content (AvgIpc) is 2.68. The molecule has 1 saturated heterocycles. The van der Waals surface area contributed by atoms with E-state index in [2.05, 4.69) is 16.3 Å². The van der Waals surface area contributed by atoms with E-state index in [1.54, 1.807) is 14.2 Å². The summed E-state index contributed by atoms with van der Waals surface area (Å²) in [6.07, 6.45) is 1.91. The maximum Gasteiger partial charge on any atom is 0.124 e. The van der Waals surface area contributed by atoms with Crippen molar-refractivity contribution in [2.45, 2.75) is 18.9 Å². The van der Waals surface area contributed by atoms with E-state index in [4.69, 9.17) is 21.1 Å². The molecular weight excluding hydrogens is 350 g/mol. The zero-order valence-electron chi connectivity index (χ0n) is 15.0. The minimum Gasteiger partial charge on any atom is -0.497 e. The number of nitrogens with one attached hydrogen (secondary N) is 1. The Balaban J connectivity index is 1.68. The van der Waals surface area contributed by atoms with Gasteiger partial charge in [0.25, 0.3) is 0 Å². The summed E-state index contributed by atoms with van der Waals surface area (Å²) in [4.78, 5) is 2.20. The number of hydrogen-bond donors (Lipinski definition) is 1. The first kappa shape index (κ1) is 18.2. The maximum atomic E-state index is 9.35. The molecule has 136 valence electrons. The lowest BCUT2D eigenvalue weighted by Crippen LogP contribution is -2.39. The Morgan fingerprint density at radius 3 is 2.35 bits per heavy atom.